The lowest BCUT2D eigenvalue weighted by atomic mass is 10.0. The summed E-state index contributed by atoms with van der Waals surface area (Å²) in [6.45, 7) is 0.205. The molecule has 0 spiro atoms. The van der Waals surface area contributed by atoms with Crippen molar-refractivity contribution in [2.24, 2.45) is 0 Å². The minimum atomic E-state index is -3.89. The van der Waals surface area contributed by atoms with Crippen LogP contribution in [0, 0.1) is 5.82 Å². The fraction of sp³-hybridized carbons (Fsp3) is 0.167. The second-order valence-electron chi connectivity index (χ2n) is 8.10. The van der Waals surface area contributed by atoms with E-state index in [-0.39, 0.29) is 35.9 Å². The average Bonchev–Trinajstić information content (AvgIpc) is 3.35. The Labute approximate surface area is 210 Å². The molecular formula is C24H20ClFN4O5S. The summed E-state index contributed by atoms with van der Waals surface area (Å²) in [6, 6.07) is 13.8. The van der Waals surface area contributed by atoms with E-state index in [4.69, 9.17) is 16.3 Å². The first kappa shape index (κ1) is 24.0. The number of anilines is 1. The van der Waals surface area contributed by atoms with Crippen molar-refractivity contribution in [1.29, 1.82) is 0 Å². The van der Waals surface area contributed by atoms with Crippen LogP contribution in [0.15, 0.2) is 70.2 Å². The van der Waals surface area contributed by atoms with Crippen molar-refractivity contribution in [1.82, 2.24) is 14.0 Å². The zero-order valence-electron chi connectivity index (χ0n) is 18.9. The zero-order valence-corrected chi connectivity index (χ0v) is 20.5. The summed E-state index contributed by atoms with van der Waals surface area (Å²) < 4.78 is 54.9. The van der Waals surface area contributed by atoms with E-state index in [1.165, 1.54) is 46.5 Å². The maximum Gasteiger partial charge on any atom is 0.303 e. The van der Waals surface area contributed by atoms with E-state index in [9.17, 15) is 17.6 Å². The molecule has 9 nitrogen and oxygen atoms in total. The van der Waals surface area contributed by atoms with Crippen molar-refractivity contribution < 1.29 is 22.1 Å². The number of hydrogen-bond acceptors (Lipinski definition) is 6. The number of hydrogen-bond donors (Lipinski definition) is 1. The highest BCUT2D eigenvalue weighted by Gasteiger charge is 2.29. The molecule has 0 saturated heterocycles. The maximum absolute atomic E-state index is 13.9. The van der Waals surface area contributed by atoms with Crippen molar-refractivity contribution in [3.63, 3.8) is 0 Å². The third kappa shape index (κ3) is 4.60. The molecule has 3 heterocycles. The number of rotatable bonds is 6. The second kappa shape index (κ2) is 9.41. The standard InChI is InChI=1S/C24H20ClFN4O5S/c1-34-22-12-15(17-10-18(25)13-19(26)11-17)2-4-21(22)30-20-6-8-29(14-16(20)3-5-24(30)31)36(32,33)28-23-7-9-35-27-23/h2-5,7,9-13H,6,8,14H2,1H3,(H,27,28). The molecule has 5 rings (SSSR count). The maximum atomic E-state index is 13.9. The Hall–Kier alpha value is -3.67. The molecule has 1 N–H and O–H groups in total. The largest absolute Gasteiger partial charge is 0.495 e. The van der Waals surface area contributed by atoms with Crippen molar-refractivity contribution in [3.05, 3.63) is 93.3 Å². The molecule has 0 amide bonds. The Morgan fingerprint density at radius 3 is 2.67 bits per heavy atom. The van der Waals surface area contributed by atoms with Gasteiger partial charge in [-0.25, -0.2) is 4.39 Å². The lowest BCUT2D eigenvalue weighted by Crippen LogP contribution is -2.41. The molecule has 0 aliphatic carbocycles. The highest BCUT2D eigenvalue weighted by Crippen LogP contribution is 2.33. The average molecular weight is 531 g/mol. The smallest absolute Gasteiger partial charge is 0.303 e. The van der Waals surface area contributed by atoms with Crippen LogP contribution in [0.1, 0.15) is 11.3 Å². The highest BCUT2D eigenvalue weighted by atomic mass is 35.5. The van der Waals surface area contributed by atoms with Crippen molar-refractivity contribution in [3.8, 4) is 22.6 Å². The van der Waals surface area contributed by atoms with E-state index >= 15 is 0 Å². The first-order chi connectivity index (χ1) is 17.2. The van der Waals surface area contributed by atoms with Crippen LogP contribution in [0.3, 0.4) is 0 Å². The van der Waals surface area contributed by atoms with Crippen LogP contribution in [0.5, 0.6) is 5.75 Å². The first-order valence-electron chi connectivity index (χ1n) is 10.8. The van der Waals surface area contributed by atoms with Gasteiger partial charge in [0.1, 0.15) is 17.8 Å². The molecule has 1 aliphatic heterocycles. The van der Waals surface area contributed by atoms with Gasteiger partial charge in [-0.3, -0.25) is 14.1 Å². The van der Waals surface area contributed by atoms with Crippen molar-refractivity contribution >= 4 is 27.6 Å². The monoisotopic (exact) mass is 530 g/mol. The van der Waals surface area contributed by atoms with Crippen LogP contribution < -0.4 is 15.0 Å². The molecule has 0 bridgehead atoms. The normalized spacial score (nSPS) is 13.9. The van der Waals surface area contributed by atoms with Gasteiger partial charge in [-0.1, -0.05) is 28.9 Å². The van der Waals surface area contributed by atoms with E-state index in [1.807, 2.05) is 0 Å². The van der Waals surface area contributed by atoms with Crippen molar-refractivity contribution in [2.45, 2.75) is 13.0 Å². The van der Waals surface area contributed by atoms with Gasteiger partial charge in [0.15, 0.2) is 5.82 Å². The molecule has 0 atom stereocenters. The molecule has 186 valence electrons. The van der Waals surface area contributed by atoms with E-state index in [0.29, 0.717) is 33.8 Å². The van der Waals surface area contributed by atoms with Gasteiger partial charge in [-0.15, -0.1) is 0 Å². The third-order valence-corrected chi connectivity index (χ3v) is 7.54. The van der Waals surface area contributed by atoms with Crippen LogP contribution in [0.25, 0.3) is 16.8 Å². The molecule has 0 saturated carbocycles. The number of pyridine rings is 1. The van der Waals surface area contributed by atoms with Crippen LogP contribution in [0.4, 0.5) is 10.2 Å². The lowest BCUT2D eigenvalue weighted by Gasteiger charge is -2.29. The predicted octanol–water partition coefficient (Wildman–Crippen LogP) is 4.01. The van der Waals surface area contributed by atoms with Gasteiger partial charge >= 0.3 is 10.2 Å². The Kier molecular flexibility index (Phi) is 6.29. The molecule has 2 aromatic heterocycles. The summed E-state index contributed by atoms with van der Waals surface area (Å²) in [4.78, 5) is 13.0. The number of methoxy groups -OCH3 is 1. The number of nitrogens with one attached hydrogen (secondary N) is 1. The van der Waals surface area contributed by atoms with Gasteiger partial charge in [0.25, 0.3) is 5.56 Å². The van der Waals surface area contributed by atoms with Gasteiger partial charge in [0, 0.05) is 42.4 Å². The Morgan fingerprint density at radius 2 is 1.94 bits per heavy atom. The summed E-state index contributed by atoms with van der Waals surface area (Å²) >= 11 is 6.01. The van der Waals surface area contributed by atoms with Crippen LogP contribution in [-0.2, 0) is 23.2 Å². The molecule has 0 unspecified atom stereocenters. The Morgan fingerprint density at radius 1 is 1.11 bits per heavy atom. The van der Waals surface area contributed by atoms with Gasteiger partial charge in [-0.05, 0) is 47.0 Å². The predicted molar refractivity (Wildman–Crippen MR) is 132 cm³/mol. The summed E-state index contributed by atoms with van der Waals surface area (Å²) in [5.41, 5.74) is 2.77. The molecule has 36 heavy (non-hydrogen) atoms. The van der Waals surface area contributed by atoms with Crippen LogP contribution in [-0.4, -0.2) is 36.1 Å². The molecule has 4 aromatic rings. The molecule has 12 heteroatoms. The van der Waals surface area contributed by atoms with E-state index < -0.39 is 16.0 Å². The summed E-state index contributed by atoms with van der Waals surface area (Å²) in [7, 11) is -2.41. The fourth-order valence-electron chi connectivity index (χ4n) is 4.23. The quantitative estimate of drug-likeness (QED) is 0.404. The number of halogens is 2. The molecular weight excluding hydrogens is 511 g/mol. The lowest BCUT2D eigenvalue weighted by molar-refractivity contribution is 0.384. The van der Waals surface area contributed by atoms with Gasteiger partial charge in [0.2, 0.25) is 0 Å². The zero-order chi connectivity index (χ0) is 25.4. The van der Waals surface area contributed by atoms with Gasteiger partial charge < -0.3 is 9.26 Å². The minimum Gasteiger partial charge on any atom is -0.495 e. The summed E-state index contributed by atoms with van der Waals surface area (Å²) in [6.07, 6.45) is 1.55. The SMILES string of the molecule is COc1cc(-c2cc(F)cc(Cl)c2)ccc1-n1c2c(ccc1=O)CN(S(=O)(=O)Nc1ccon1)CC2. The number of aromatic nitrogens is 2. The van der Waals surface area contributed by atoms with E-state index in [0.717, 1.165) is 0 Å². The Balaban J connectivity index is 1.51. The van der Waals surface area contributed by atoms with Crippen molar-refractivity contribution in [2.75, 3.05) is 18.4 Å². The Bertz CT molecular complexity index is 1590. The molecule has 1 aliphatic rings. The first-order valence-corrected chi connectivity index (χ1v) is 12.6. The van der Waals surface area contributed by atoms with Crippen LogP contribution >= 0.6 is 11.6 Å². The van der Waals surface area contributed by atoms with E-state index in [2.05, 4.69) is 14.4 Å². The fourth-order valence-corrected chi connectivity index (χ4v) is 5.59. The van der Waals surface area contributed by atoms with Gasteiger partial charge in [0.05, 0.1) is 12.8 Å². The topological polar surface area (TPSA) is 107 Å². The summed E-state index contributed by atoms with van der Waals surface area (Å²) in [5.74, 6) is 0.00718. The number of ether oxygens (including phenoxy) is 1. The van der Waals surface area contributed by atoms with Crippen LogP contribution in [0.2, 0.25) is 5.02 Å². The third-order valence-electron chi connectivity index (χ3n) is 5.86. The second-order valence-corrected chi connectivity index (χ2v) is 10.2. The molecule has 2 aromatic carbocycles. The molecule has 0 radical (unpaired) electrons. The van der Waals surface area contributed by atoms with Gasteiger partial charge in [-0.2, -0.15) is 12.7 Å². The minimum absolute atomic E-state index is 0.0605. The highest BCUT2D eigenvalue weighted by molar-refractivity contribution is 7.90. The molecule has 0 fully saturated rings. The number of fused-ring (bicyclic) bond motifs is 1. The summed E-state index contributed by atoms with van der Waals surface area (Å²) in [5, 5.41) is 3.85. The number of benzene rings is 2. The van der Waals surface area contributed by atoms with E-state index in [1.54, 1.807) is 30.3 Å². The number of nitrogens with zero attached hydrogens (tertiary/aromatic N) is 3.